The van der Waals surface area contributed by atoms with E-state index in [0.717, 1.165) is 12.8 Å². The smallest absolute Gasteiger partial charge is 0.316 e. The van der Waals surface area contributed by atoms with Crippen LogP contribution in [-0.4, -0.2) is 18.9 Å². The van der Waals surface area contributed by atoms with Crippen LogP contribution in [0.25, 0.3) is 0 Å². The van der Waals surface area contributed by atoms with E-state index < -0.39 is 5.92 Å². The highest BCUT2D eigenvalue weighted by molar-refractivity contribution is 5.97. The molecule has 0 saturated heterocycles. The molecular formula is C21H40O3. The van der Waals surface area contributed by atoms with Gasteiger partial charge in [0.05, 0.1) is 7.11 Å². The third-order valence-corrected chi connectivity index (χ3v) is 4.82. The van der Waals surface area contributed by atoms with Gasteiger partial charge in [-0.25, -0.2) is 0 Å². The topological polar surface area (TPSA) is 43.4 Å². The Morgan fingerprint density at radius 3 is 1.42 bits per heavy atom. The van der Waals surface area contributed by atoms with Crippen LogP contribution in [-0.2, 0) is 14.3 Å². The average Bonchev–Trinajstić information content (AvgIpc) is 2.57. The predicted molar refractivity (Wildman–Crippen MR) is 101 cm³/mol. The summed E-state index contributed by atoms with van der Waals surface area (Å²) in [4.78, 5) is 22.9. The second-order valence-electron chi connectivity index (χ2n) is 7.07. The third-order valence-electron chi connectivity index (χ3n) is 4.82. The van der Waals surface area contributed by atoms with Crippen LogP contribution in [0, 0.1) is 5.92 Å². The third kappa shape index (κ3) is 13.6. The van der Waals surface area contributed by atoms with E-state index in [1.807, 2.05) is 0 Å². The Bertz CT molecular complexity index is 312. The lowest BCUT2D eigenvalue weighted by atomic mass is 9.97. The van der Waals surface area contributed by atoms with Crippen molar-refractivity contribution in [2.45, 2.75) is 110 Å². The lowest BCUT2D eigenvalue weighted by Gasteiger charge is -2.10. The number of methoxy groups -OCH3 is 1. The SMILES string of the molecule is CCCCCCCCCCCCCCCCC(C(C)=O)C(=O)OC. The van der Waals surface area contributed by atoms with E-state index in [9.17, 15) is 9.59 Å². The van der Waals surface area contributed by atoms with Crippen molar-refractivity contribution >= 4 is 11.8 Å². The highest BCUT2D eigenvalue weighted by Crippen LogP contribution is 2.16. The van der Waals surface area contributed by atoms with Gasteiger partial charge in [-0.05, 0) is 13.3 Å². The number of Topliss-reactive ketones (excluding diaryl/α,β-unsaturated/α-hetero) is 1. The minimum Gasteiger partial charge on any atom is -0.468 e. The fourth-order valence-electron chi connectivity index (χ4n) is 3.17. The molecule has 0 bridgehead atoms. The van der Waals surface area contributed by atoms with Gasteiger partial charge in [-0.3, -0.25) is 9.59 Å². The maximum Gasteiger partial charge on any atom is 0.316 e. The number of ketones is 1. The summed E-state index contributed by atoms with van der Waals surface area (Å²) in [6, 6.07) is 0. The van der Waals surface area contributed by atoms with E-state index in [4.69, 9.17) is 0 Å². The Kier molecular flexibility index (Phi) is 16.4. The molecule has 3 heteroatoms. The monoisotopic (exact) mass is 340 g/mol. The molecule has 0 aliphatic carbocycles. The van der Waals surface area contributed by atoms with Gasteiger partial charge in [-0.2, -0.15) is 0 Å². The largest absolute Gasteiger partial charge is 0.468 e. The molecule has 142 valence electrons. The fourth-order valence-corrected chi connectivity index (χ4v) is 3.17. The van der Waals surface area contributed by atoms with E-state index in [2.05, 4.69) is 11.7 Å². The molecule has 0 saturated carbocycles. The Morgan fingerprint density at radius 2 is 1.08 bits per heavy atom. The van der Waals surface area contributed by atoms with Crippen molar-refractivity contribution < 1.29 is 14.3 Å². The van der Waals surface area contributed by atoms with Crippen LogP contribution < -0.4 is 0 Å². The summed E-state index contributed by atoms with van der Waals surface area (Å²) >= 11 is 0. The second-order valence-corrected chi connectivity index (χ2v) is 7.07. The highest BCUT2D eigenvalue weighted by Gasteiger charge is 2.23. The molecule has 0 aromatic carbocycles. The fraction of sp³-hybridized carbons (Fsp3) is 0.905. The molecule has 0 radical (unpaired) electrons. The summed E-state index contributed by atoms with van der Waals surface area (Å²) in [6.45, 7) is 3.74. The second kappa shape index (κ2) is 17.0. The molecule has 24 heavy (non-hydrogen) atoms. The molecule has 0 aliphatic heterocycles. The van der Waals surface area contributed by atoms with Gasteiger partial charge in [0.25, 0.3) is 0 Å². The highest BCUT2D eigenvalue weighted by atomic mass is 16.5. The lowest BCUT2D eigenvalue weighted by molar-refractivity contribution is -0.149. The lowest BCUT2D eigenvalue weighted by Crippen LogP contribution is -2.23. The van der Waals surface area contributed by atoms with Crippen LogP contribution in [0.3, 0.4) is 0 Å². The predicted octanol–water partition coefficient (Wildman–Crippen LogP) is 6.24. The van der Waals surface area contributed by atoms with E-state index in [0.29, 0.717) is 6.42 Å². The molecule has 0 aromatic rings. The van der Waals surface area contributed by atoms with Crippen LogP contribution in [0.2, 0.25) is 0 Å². The number of rotatable bonds is 17. The Balaban J connectivity index is 3.33. The average molecular weight is 341 g/mol. The van der Waals surface area contributed by atoms with E-state index >= 15 is 0 Å². The first-order valence-corrected chi connectivity index (χ1v) is 10.2. The quantitative estimate of drug-likeness (QED) is 0.179. The van der Waals surface area contributed by atoms with Crippen LogP contribution in [0.1, 0.15) is 110 Å². The number of hydrogen-bond donors (Lipinski definition) is 0. The summed E-state index contributed by atoms with van der Waals surface area (Å²) in [5.74, 6) is -0.999. The maximum absolute atomic E-state index is 11.5. The zero-order valence-electron chi connectivity index (χ0n) is 16.4. The zero-order chi connectivity index (χ0) is 18.0. The van der Waals surface area contributed by atoms with Gasteiger partial charge in [0.15, 0.2) is 0 Å². The van der Waals surface area contributed by atoms with Crippen molar-refractivity contribution in [2.24, 2.45) is 5.92 Å². The van der Waals surface area contributed by atoms with Crippen LogP contribution in [0.5, 0.6) is 0 Å². The maximum atomic E-state index is 11.5. The van der Waals surface area contributed by atoms with Gasteiger partial charge >= 0.3 is 5.97 Å². The molecular weight excluding hydrogens is 300 g/mol. The first kappa shape index (κ1) is 23.1. The van der Waals surface area contributed by atoms with Crippen molar-refractivity contribution in [3.63, 3.8) is 0 Å². The summed E-state index contributed by atoms with van der Waals surface area (Å²) < 4.78 is 4.68. The first-order chi connectivity index (χ1) is 11.6. The normalized spacial score (nSPS) is 12.1. The molecule has 0 fully saturated rings. The number of carbonyl (C=O) groups excluding carboxylic acids is 2. The minimum atomic E-state index is -0.549. The number of hydrogen-bond acceptors (Lipinski definition) is 3. The van der Waals surface area contributed by atoms with Crippen LogP contribution in [0.4, 0.5) is 0 Å². The van der Waals surface area contributed by atoms with Gasteiger partial charge in [0, 0.05) is 0 Å². The molecule has 0 aromatic heterocycles. The van der Waals surface area contributed by atoms with Crippen LogP contribution in [0.15, 0.2) is 0 Å². The zero-order valence-corrected chi connectivity index (χ0v) is 16.4. The Morgan fingerprint density at radius 1 is 0.708 bits per heavy atom. The number of unbranched alkanes of at least 4 members (excludes halogenated alkanes) is 13. The van der Waals surface area contributed by atoms with Gasteiger partial charge < -0.3 is 4.74 Å². The summed E-state index contributed by atoms with van der Waals surface area (Å²) in [5, 5.41) is 0. The van der Waals surface area contributed by atoms with Crippen molar-refractivity contribution in [2.75, 3.05) is 7.11 Å². The van der Waals surface area contributed by atoms with Crippen molar-refractivity contribution in [1.29, 1.82) is 0 Å². The van der Waals surface area contributed by atoms with Crippen molar-refractivity contribution in [1.82, 2.24) is 0 Å². The van der Waals surface area contributed by atoms with E-state index in [1.54, 1.807) is 0 Å². The molecule has 3 nitrogen and oxygen atoms in total. The standard InChI is InChI=1S/C21H40O3/c1-4-5-6-7-8-9-10-11-12-13-14-15-16-17-18-20(19(2)22)21(23)24-3/h20H,4-18H2,1-3H3. The molecule has 1 unspecified atom stereocenters. The summed E-state index contributed by atoms with van der Waals surface area (Å²) in [7, 11) is 1.35. The van der Waals surface area contributed by atoms with Gasteiger partial charge in [-0.15, -0.1) is 0 Å². The van der Waals surface area contributed by atoms with Gasteiger partial charge in [0.1, 0.15) is 11.7 Å². The molecule has 0 N–H and O–H groups in total. The number of esters is 1. The molecule has 0 rings (SSSR count). The summed E-state index contributed by atoms with van der Waals surface area (Å²) in [6.07, 6.45) is 19.0. The molecule has 0 spiro atoms. The number of carbonyl (C=O) groups is 2. The Labute approximate surface area is 149 Å². The van der Waals surface area contributed by atoms with Gasteiger partial charge in [-0.1, -0.05) is 96.8 Å². The van der Waals surface area contributed by atoms with E-state index in [-0.39, 0.29) is 11.8 Å². The first-order valence-electron chi connectivity index (χ1n) is 10.2. The van der Waals surface area contributed by atoms with E-state index in [1.165, 1.54) is 91.1 Å². The molecule has 1 atom stereocenters. The Hall–Kier alpha value is -0.860. The number of ether oxygens (including phenoxy) is 1. The summed E-state index contributed by atoms with van der Waals surface area (Å²) in [5.41, 5.74) is 0. The minimum absolute atomic E-state index is 0.0726. The molecule has 0 heterocycles. The molecule has 0 aliphatic rings. The van der Waals surface area contributed by atoms with Crippen molar-refractivity contribution in [3.05, 3.63) is 0 Å². The van der Waals surface area contributed by atoms with Gasteiger partial charge in [0.2, 0.25) is 0 Å². The van der Waals surface area contributed by atoms with Crippen LogP contribution >= 0.6 is 0 Å². The van der Waals surface area contributed by atoms with Crippen molar-refractivity contribution in [3.8, 4) is 0 Å². The molecule has 0 amide bonds.